The summed E-state index contributed by atoms with van der Waals surface area (Å²) in [7, 11) is 1.40. The molecule has 1 aliphatic heterocycles. The zero-order valence-corrected chi connectivity index (χ0v) is 17.0. The predicted octanol–water partition coefficient (Wildman–Crippen LogP) is 1.78. The number of halogens is 1. The Hall–Kier alpha value is -3.75. The van der Waals surface area contributed by atoms with Crippen molar-refractivity contribution in [1.29, 1.82) is 0 Å². The van der Waals surface area contributed by atoms with Gasteiger partial charge in [0.15, 0.2) is 0 Å². The van der Waals surface area contributed by atoms with Crippen molar-refractivity contribution in [2.45, 2.75) is 18.9 Å². The Balaban J connectivity index is 1.49. The lowest BCUT2D eigenvalue weighted by atomic mass is 10.1. The van der Waals surface area contributed by atoms with Gasteiger partial charge < -0.3 is 15.5 Å². The quantitative estimate of drug-likeness (QED) is 0.629. The van der Waals surface area contributed by atoms with Gasteiger partial charge in [-0.15, -0.1) is 0 Å². The van der Waals surface area contributed by atoms with Gasteiger partial charge in [-0.3, -0.25) is 19.3 Å². The highest BCUT2D eigenvalue weighted by molar-refractivity contribution is 6.06. The van der Waals surface area contributed by atoms with Crippen molar-refractivity contribution in [2.24, 2.45) is 0 Å². The Morgan fingerprint density at radius 1 is 1.10 bits per heavy atom. The minimum absolute atomic E-state index is 0.280. The van der Waals surface area contributed by atoms with Gasteiger partial charge in [0.25, 0.3) is 5.91 Å². The number of aryl methyl sites for hydroxylation is 1. The molecule has 3 rings (SSSR count). The molecule has 5 amide bonds. The Labute approximate surface area is 179 Å². The molecule has 8 nitrogen and oxygen atoms in total. The lowest BCUT2D eigenvalue weighted by Crippen LogP contribution is -2.44. The minimum atomic E-state index is -0.687. The average Bonchev–Trinajstić information content (AvgIpc) is 3.02. The summed E-state index contributed by atoms with van der Waals surface area (Å²) >= 11 is 0. The van der Waals surface area contributed by atoms with E-state index in [0.29, 0.717) is 18.5 Å². The molecule has 0 saturated carbocycles. The van der Waals surface area contributed by atoms with Gasteiger partial charge in [0.2, 0.25) is 11.8 Å². The Morgan fingerprint density at radius 2 is 1.77 bits per heavy atom. The summed E-state index contributed by atoms with van der Waals surface area (Å²) in [5, 5.41) is 5.15. The number of amides is 5. The first-order chi connectivity index (χ1) is 14.8. The Kier molecular flexibility index (Phi) is 6.96. The number of likely N-dealkylation sites (N-methyl/N-ethyl adjacent to an activating group) is 1. The van der Waals surface area contributed by atoms with Gasteiger partial charge in [0.05, 0.1) is 6.54 Å². The molecule has 1 aliphatic rings. The fourth-order valence-corrected chi connectivity index (χ4v) is 3.17. The summed E-state index contributed by atoms with van der Waals surface area (Å²) < 4.78 is 12.9. The van der Waals surface area contributed by atoms with Gasteiger partial charge in [-0.05, 0) is 42.7 Å². The normalized spacial score (nSPS) is 15.5. The molecule has 1 fully saturated rings. The SMILES string of the molecule is CN(CC(=O)Nc1ccc(F)cc1)C(=O)CN1C(=O)NC(CCc2ccccc2)C1=O. The first-order valence-electron chi connectivity index (χ1n) is 9.78. The fourth-order valence-electron chi connectivity index (χ4n) is 3.17. The van der Waals surface area contributed by atoms with Crippen LogP contribution in [0.5, 0.6) is 0 Å². The third-order valence-corrected chi connectivity index (χ3v) is 4.90. The van der Waals surface area contributed by atoms with E-state index in [4.69, 9.17) is 0 Å². The van der Waals surface area contributed by atoms with Gasteiger partial charge >= 0.3 is 6.03 Å². The van der Waals surface area contributed by atoms with E-state index in [1.54, 1.807) is 0 Å². The van der Waals surface area contributed by atoms with Crippen molar-refractivity contribution in [1.82, 2.24) is 15.1 Å². The highest BCUT2D eigenvalue weighted by atomic mass is 19.1. The lowest BCUT2D eigenvalue weighted by Gasteiger charge is -2.20. The molecule has 31 heavy (non-hydrogen) atoms. The van der Waals surface area contributed by atoms with Gasteiger partial charge in [0, 0.05) is 12.7 Å². The van der Waals surface area contributed by atoms with E-state index in [-0.39, 0.29) is 6.54 Å². The van der Waals surface area contributed by atoms with Crippen LogP contribution in [0, 0.1) is 5.82 Å². The van der Waals surface area contributed by atoms with Crippen LogP contribution < -0.4 is 10.6 Å². The van der Waals surface area contributed by atoms with Crippen LogP contribution in [0.15, 0.2) is 54.6 Å². The van der Waals surface area contributed by atoms with Crippen LogP contribution in [0.1, 0.15) is 12.0 Å². The lowest BCUT2D eigenvalue weighted by molar-refractivity contribution is -0.137. The summed E-state index contributed by atoms with van der Waals surface area (Å²) in [5.74, 6) is -1.93. The van der Waals surface area contributed by atoms with Gasteiger partial charge in [0.1, 0.15) is 18.4 Å². The van der Waals surface area contributed by atoms with E-state index in [2.05, 4.69) is 10.6 Å². The van der Waals surface area contributed by atoms with E-state index in [9.17, 15) is 23.6 Å². The molecule has 2 aromatic rings. The second-order valence-electron chi connectivity index (χ2n) is 7.26. The highest BCUT2D eigenvalue weighted by Gasteiger charge is 2.39. The number of urea groups is 1. The highest BCUT2D eigenvalue weighted by Crippen LogP contribution is 2.13. The second-order valence-corrected chi connectivity index (χ2v) is 7.26. The number of imide groups is 1. The monoisotopic (exact) mass is 426 g/mol. The number of carbonyl (C=O) groups excluding carboxylic acids is 4. The number of hydrogen-bond donors (Lipinski definition) is 2. The van der Waals surface area contributed by atoms with Crippen molar-refractivity contribution in [3.8, 4) is 0 Å². The van der Waals surface area contributed by atoms with Crippen LogP contribution in [-0.4, -0.2) is 59.7 Å². The standard InChI is InChI=1S/C22H23FN4O4/c1-26(13-19(28)24-17-10-8-16(23)9-11-17)20(29)14-27-21(30)18(25-22(27)31)12-7-15-5-3-2-4-6-15/h2-6,8-11,18H,7,12-14H2,1H3,(H,24,28)(H,25,31). The molecule has 9 heteroatoms. The molecule has 1 saturated heterocycles. The maximum Gasteiger partial charge on any atom is 0.325 e. The number of nitrogens with one attached hydrogen (secondary N) is 2. The van der Waals surface area contributed by atoms with Gasteiger partial charge in [-0.1, -0.05) is 30.3 Å². The van der Waals surface area contributed by atoms with Crippen molar-refractivity contribution in [3.05, 3.63) is 66.0 Å². The van der Waals surface area contributed by atoms with Crippen LogP contribution in [0.2, 0.25) is 0 Å². The first kappa shape index (κ1) is 21.9. The molecule has 1 atom stereocenters. The summed E-state index contributed by atoms with van der Waals surface area (Å²) in [6.07, 6.45) is 1.04. The van der Waals surface area contributed by atoms with Gasteiger partial charge in [-0.25, -0.2) is 9.18 Å². The molecular formula is C22H23FN4O4. The third-order valence-electron chi connectivity index (χ3n) is 4.90. The molecule has 1 unspecified atom stereocenters. The first-order valence-corrected chi connectivity index (χ1v) is 9.78. The van der Waals surface area contributed by atoms with E-state index < -0.39 is 42.2 Å². The topological polar surface area (TPSA) is 98.8 Å². The molecule has 1 heterocycles. The number of anilines is 1. The smallest absolute Gasteiger partial charge is 0.325 e. The summed E-state index contributed by atoms with van der Waals surface area (Å²) in [4.78, 5) is 51.2. The molecule has 2 aromatic carbocycles. The summed E-state index contributed by atoms with van der Waals surface area (Å²) in [6.45, 7) is -0.732. The largest absolute Gasteiger partial charge is 0.335 e. The van der Waals surface area contributed by atoms with Crippen molar-refractivity contribution < 1.29 is 23.6 Å². The molecule has 0 bridgehead atoms. The summed E-state index contributed by atoms with van der Waals surface area (Å²) in [5.41, 5.74) is 1.44. The molecule has 0 aromatic heterocycles. The van der Waals surface area contributed by atoms with Crippen LogP contribution in [0.4, 0.5) is 14.9 Å². The number of nitrogens with zero attached hydrogens (tertiary/aromatic N) is 2. The van der Waals surface area contributed by atoms with E-state index >= 15 is 0 Å². The van der Waals surface area contributed by atoms with Crippen LogP contribution in [0.3, 0.4) is 0 Å². The van der Waals surface area contributed by atoms with E-state index in [1.807, 2.05) is 30.3 Å². The second kappa shape index (κ2) is 9.84. The third kappa shape index (κ3) is 5.88. The number of carbonyl (C=O) groups is 4. The molecule has 0 spiro atoms. The van der Waals surface area contributed by atoms with Gasteiger partial charge in [-0.2, -0.15) is 0 Å². The maximum absolute atomic E-state index is 12.9. The molecule has 2 N–H and O–H groups in total. The fraction of sp³-hybridized carbons (Fsp3) is 0.273. The van der Waals surface area contributed by atoms with Crippen molar-refractivity contribution in [3.63, 3.8) is 0 Å². The molecule has 0 radical (unpaired) electrons. The van der Waals surface area contributed by atoms with Crippen LogP contribution >= 0.6 is 0 Å². The Morgan fingerprint density at radius 3 is 2.45 bits per heavy atom. The maximum atomic E-state index is 12.9. The zero-order chi connectivity index (χ0) is 22.4. The van der Waals surface area contributed by atoms with Crippen molar-refractivity contribution >= 4 is 29.4 Å². The average molecular weight is 426 g/mol. The minimum Gasteiger partial charge on any atom is -0.335 e. The molecule has 0 aliphatic carbocycles. The van der Waals surface area contributed by atoms with Crippen molar-refractivity contribution in [2.75, 3.05) is 25.5 Å². The van der Waals surface area contributed by atoms with E-state index in [1.165, 1.54) is 31.3 Å². The number of rotatable bonds is 8. The number of hydrogen-bond acceptors (Lipinski definition) is 4. The molecular weight excluding hydrogens is 403 g/mol. The van der Waals surface area contributed by atoms with Crippen LogP contribution in [0.25, 0.3) is 0 Å². The van der Waals surface area contributed by atoms with E-state index in [0.717, 1.165) is 15.4 Å². The Bertz CT molecular complexity index is 965. The molecule has 162 valence electrons. The number of benzene rings is 2. The van der Waals surface area contributed by atoms with Crippen LogP contribution in [-0.2, 0) is 20.8 Å². The summed E-state index contributed by atoms with van der Waals surface area (Å²) in [6, 6.07) is 13.5. The zero-order valence-electron chi connectivity index (χ0n) is 17.0. The predicted molar refractivity (Wildman–Crippen MR) is 111 cm³/mol.